The third kappa shape index (κ3) is 2.73. The number of nitrogens with one attached hydrogen (secondary N) is 1. The first-order chi connectivity index (χ1) is 11.7. The van der Waals surface area contributed by atoms with Crippen molar-refractivity contribution in [3.05, 3.63) is 41.3 Å². The number of benzene rings is 1. The van der Waals surface area contributed by atoms with Crippen molar-refractivity contribution in [2.45, 2.75) is 26.2 Å². The van der Waals surface area contributed by atoms with Crippen molar-refractivity contribution in [2.75, 3.05) is 0 Å². The van der Waals surface area contributed by atoms with Crippen LogP contribution in [-0.2, 0) is 4.79 Å². The molecule has 3 aromatic rings. The van der Waals surface area contributed by atoms with Crippen molar-refractivity contribution in [1.82, 2.24) is 10.4 Å². The maximum Gasteiger partial charge on any atom is 0.243 e. The van der Waals surface area contributed by atoms with E-state index in [0.29, 0.717) is 12.3 Å². The lowest BCUT2D eigenvalue weighted by atomic mass is 9.92. The molecular weight excluding hydrogens is 322 g/mol. The summed E-state index contributed by atoms with van der Waals surface area (Å²) in [5.74, 6) is 0.649. The predicted octanol–water partition coefficient (Wildman–Crippen LogP) is 4.20. The Bertz CT molecular complexity index is 912. The van der Waals surface area contributed by atoms with E-state index >= 15 is 0 Å². The highest BCUT2D eigenvalue weighted by molar-refractivity contribution is 7.13. The fourth-order valence-electron chi connectivity index (χ4n) is 2.96. The average Bonchev–Trinajstić information content (AvgIpc) is 3.25. The van der Waals surface area contributed by atoms with Gasteiger partial charge in [-0.3, -0.25) is 4.79 Å². The molecule has 0 radical (unpaired) electrons. The molecule has 1 N–H and O–H groups in total. The van der Waals surface area contributed by atoms with E-state index in [2.05, 4.69) is 22.4 Å². The van der Waals surface area contributed by atoms with Gasteiger partial charge in [0, 0.05) is 17.9 Å². The molecule has 5 nitrogen and oxygen atoms in total. The standard InChI is InChI=1S/C18H17N3O2S/c1-2-4-12-9-14(20-21-17(12)22)11-6-7-13-15(10-11)23-18(19-13)16-5-3-8-24-16/h3,5-8,10,12H,2,4,9H2,1H3,(H,21,22). The molecule has 1 aliphatic rings. The molecule has 1 atom stereocenters. The van der Waals surface area contributed by atoms with Crippen LogP contribution in [0.15, 0.2) is 45.2 Å². The zero-order chi connectivity index (χ0) is 16.5. The smallest absolute Gasteiger partial charge is 0.243 e. The van der Waals surface area contributed by atoms with Crippen LogP contribution in [-0.4, -0.2) is 16.6 Å². The highest BCUT2D eigenvalue weighted by Crippen LogP contribution is 2.29. The number of rotatable bonds is 4. The third-order valence-corrected chi connectivity index (χ3v) is 5.06. The number of hydrogen-bond acceptors (Lipinski definition) is 5. The first-order valence-corrected chi connectivity index (χ1v) is 8.94. The number of nitrogens with zero attached hydrogens (tertiary/aromatic N) is 2. The van der Waals surface area contributed by atoms with Crippen LogP contribution >= 0.6 is 11.3 Å². The first-order valence-electron chi connectivity index (χ1n) is 8.06. The molecule has 1 aromatic carbocycles. The van der Waals surface area contributed by atoms with E-state index < -0.39 is 0 Å². The Balaban J connectivity index is 1.66. The van der Waals surface area contributed by atoms with Crippen LogP contribution in [0.25, 0.3) is 21.9 Å². The minimum absolute atomic E-state index is 0.00500. The van der Waals surface area contributed by atoms with Gasteiger partial charge < -0.3 is 4.42 Å². The lowest BCUT2D eigenvalue weighted by Crippen LogP contribution is -2.34. The largest absolute Gasteiger partial charge is 0.435 e. The quantitative estimate of drug-likeness (QED) is 0.775. The van der Waals surface area contributed by atoms with Crippen LogP contribution < -0.4 is 5.43 Å². The summed E-state index contributed by atoms with van der Waals surface area (Å²) < 4.78 is 5.90. The van der Waals surface area contributed by atoms with E-state index in [0.717, 1.165) is 40.1 Å². The number of carbonyl (C=O) groups is 1. The molecule has 122 valence electrons. The number of hydrogen-bond donors (Lipinski definition) is 1. The monoisotopic (exact) mass is 339 g/mol. The highest BCUT2D eigenvalue weighted by Gasteiger charge is 2.25. The van der Waals surface area contributed by atoms with Gasteiger partial charge >= 0.3 is 0 Å². The number of fused-ring (bicyclic) bond motifs is 1. The minimum Gasteiger partial charge on any atom is -0.435 e. The number of amides is 1. The Morgan fingerprint density at radius 1 is 1.38 bits per heavy atom. The van der Waals surface area contributed by atoms with E-state index in [-0.39, 0.29) is 11.8 Å². The second-order valence-electron chi connectivity index (χ2n) is 5.90. The van der Waals surface area contributed by atoms with E-state index in [1.165, 1.54) is 0 Å². The van der Waals surface area contributed by atoms with Gasteiger partial charge in [-0.25, -0.2) is 10.4 Å². The normalized spacial score (nSPS) is 17.8. The average molecular weight is 339 g/mol. The number of carbonyl (C=O) groups excluding carboxylic acids is 1. The first kappa shape index (κ1) is 15.1. The molecule has 0 saturated carbocycles. The second-order valence-corrected chi connectivity index (χ2v) is 6.85. The summed E-state index contributed by atoms with van der Waals surface area (Å²) >= 11 is 1.60. The molecular formula is C18H17N3O2S. The summed E-state index contributed by atoms with van der Waals surface area (Å²) in [4.78, 5) is 17.4. The lowest BCUT2D eigenvalue weighted by molar-refractivity contribution is -0.125. The van der Waals surface area contributed by atoms with Gasteiger partial charge in [0.05, 0.1) is 10.6 Å². The van der Waals surface area contributed by atoms with Crippen LogP contribution in [0.2, 0.25) is 0 Å². The molecule has 4 rings (SSSR count). The van der Waals surface area contributed by atoms with Crippen molar-refractivity contribution in [3.63, 3.8) is 0 Å². The molecule has 1 amide bonds. The van der Waals surface area contributed by atoms with Crippen molar-refractivity contribution >= 4 is 34.1 Å². The predicted molar refractivity (Wildman–Crippen MR) is 95.0 cm³/mol. The Labute approximate surface area is 143 Å². The summed E-state index contributed by atoms with van der Waals surface area (Å²) in [5.41, 5.74) is 6.07. The van der Waals surface area contributed by atoms with Crippen molar-refractivity contribution in [3.8, 4) is 10.8 Å². The van der Waals surface area contributed by atoms with Gasteiger partial charge in [0.25, 0.3) is 0 Å². The molecule has 2 aromatic heterocycles. The fraction of sp³-hybridized carbons (Fsp3) is 0.278. The van der Waals surface area contributed by atoms with Crippen molar-refractivity contribution in [2.24, 2.45) is 11.0 Å². The maximum absolute atomic E-state index is 11.9. The van der Waals surface area contributed by atoms with Crippen LogP contribution in [0.4, 0.5) is 0 Å². The van der Waals surface area contributed by atoms with Gasteiger partial charge in [0.1, 0.15) is 5.52 Å². The van der Waals surface area contributed by atoms with Gasteiger partial charge in [0.2, 0.25) is 11.8 Å². The van der Waals surface area contributed by atoms with E-state index in [1.54, 1.807) is 11.3 Å². The Morgan fingerprint density at radius 3 is 3.08 bits per heavy atom. The summed E-state index contributed by atoms with van der Waals surface area (Å²) in [6, 6.07) is 9.86. The second kappa shape index (κ2) is 6.20. The van der Waals surface area contributed by atoms with Crippen LogP contribution in [0, 0.1) is 5.92 Å². The molecule has 1 unspecified atom stereocenters. The molecule has 3 heterocycles. The van der Waals surface area contributed by atoms with Crippen LogP contribution in [0.5, 0.6) is 0 Å². The van der Waals surface area contributed by atoms with Crippen molar-refractivity contribution < 1.29 is 9.21 Å². The van der Waals surface area contributed by atoms with Gasteiger partial charge in [-0.05, 0) is 30.0 Å². The maximum atomic E-state index is 11.9. The molecule has 0 aliphatic carbocycles. The Morgan fingerprint density at radius 2 is 2.29 bits per heavy atom. The van der Waals surface area contributed by atoms with E-state index in [9.17, 15) is 4.79 Å². The topological polar surface area (TPSA) is 67.5 Å². The van der Waals surface area contributed by atoms with Gasteiger partial charge in [-0.1, -0.05) is 25.5 Å². The SMILES string of the molecule is CCCC1CC(c2ccc3nc(-c4cccs4)oc3c2)=NNC1=O. The highest BCUT2D eigenvalue weighted by atomic mass is 32.1. The fourth-order valence-corrected chi connectivity index (χ4v) is 3.61. The summed E-state index contributed by atoms with van der Waals surface area (Å²) in [6.07, 6.45) is 2.52. The minimum atomic E-state index is -0.00500. The number of aromatic nitrogens is 1. The molecule has 0 spiro atoms. The molecule has 1 aliphatic heterocycles. The summed E-state index contributed by atoms with van der Waals surface area (Å²) in [6.45, 7) is 2.09. The van der Waals surface area contributed by atoms with Gasteiger partial charge in [0.15, 0.2) is 5.58 Å². The molecule has 0 fully saturated rings. The van der Waals surface area contributed by atoms with Crippen molar-refractivity contribution in [1.29, 1.82) is 0 Å². The molecule has 24 heavy (non-hydrogen) atoms. The molecule has 0 saturated heterocycles. The zero-order valence-corrected chi connectivity index (χ0v) is 14.1. The van der Waals surface area contributed by atoms with Crippen LogP contribution in [0.1, 0.15) is 31.7 Å². The molecule has 0 bridgehead atoms. The van der Waals surface area contributed by atoms with Gasteiger partial charge in [-0.2, -0.15) is 5.10 Å². The number of hydrazone groups is 1. The Kier molecular flexibility index (Phi) is 3.90. The van der Waals surface area contributed by atoms with E-state index in [1.807, 2.05) is 35.7 Å². The lowest BCUT2D eigenvalue weighted by Gasteiger charge is -2.20. The van der Waals surface area contributed by atoms with Gasteiger partial charge in [-0.15, -0.1) is 11.3 Å². The summed E-state index contributed by atoms with van der Waals surface area (Å²) in [5, 5.41) is 6.24. The molecule has 6 heteroatoms. The van der Waals surface area contributed by atoms with Crippen LogP contribution in [0.3, 0.4) is 0 Å². The third-order valence-electron chi connectivity index (χ3n) is 4.20. The Hall–Kier alpha value is -2.47. The summed E-state index contributed by atoms with van der Waals surface area (Å²) in [7, 11) is 0. The number of oxazole rings is 1. The van der Waals surface area contributed by atoms with E-state index in [4.69, 9.17) is 4.42 Å². The zero-order valence-electron chi connectivity index (χ0n) is 13.3. The number of thiophene rings is 1.